The smallest absolute Gasteiger partial charge is 0.313 e. The molecular weight excluding hydrogens is 120 g/mol. The molecule has 1 fully saturated rings. The predicted octanol–water partition coefficient (Wildman–Crippen LogP) is 0.213. The second-order valence-electron chi connectivity index (χ2n) is 2.17. The summed E-state index contributed by atoms with van der Waals surface area (Å²) in [4.78, 5) is 10.2. The van der Waals surface area contributed by atoms with Gasteiger partial charge in [0.05, 0.1) is 5.41 Å². The molecule has 0 saturated heterocycles. The van der Waals surface area contributed by atoms with E-state index >= 15 is 0 Å². The van der Waals surface area contributed by atoms with Crippen molar-refractivity contribution in [1.82, 2.24) is 0 Å². The Hall–Kier alpha value is -0.830. The van der Waals surface area contributed by atoms with Crippen LogP contribution in [0.2, 0.25) is 0 Å². The Bertz CT molecular complexity index is 135. The number of hydrogen-bond acceptors (Lipinski definition) is 1. The van der Waals surface area contributed by atoms with E-state index in [1.165, 1.54) is 6.08 Å². The molecule has 9 heavy (non-hydrogen) atoms. The van der Waals surface area contributed by atoms with Crippen molar-refractivity contribution in [1.29, 1.82) is 0 Å². The molecule has 0 bridgehead atoms. The van der Waals surface area contributed by atoms with Crippen LogP contribution in [0.4, 0.5) is 0 Å². The van der Waals surface area contributed by atoms with Crippen LogP contribution >= 0.6 is 0 Å². The topological polar surface area (TPSA) is 68.8 Å². The quantitative estimate of drug-likeness (QED) is 0.543. The Kier molecular flexibility index (Phi) is 1.99. The van der Waals surface area contributed by atoms with Gasteiger partial charge >= 0.3 is 5.97 Å². The van der Waals surface area contributed by atoms with Gasteiger partial charge in [0.2, 0.25) is 0 Å². The van der Waals surface area contributed by atoms with Gasteiger partial charge in [0.1, 0.15) is 0 Å². The van der Waals surface area contributed by atoms with Gasteiger partial charge in [-0.15, -0.1) is 6.58 Å². The molecule has 0 heterocycles. The van der Waals surface area contributed by atoms with Crippen molar-refractivity contribution in [2.75, 3.05) is 0 Å². The highest BCUT2D eigenvalue weighted by Crippen LogP contribution is 2.46. The van der Waals surface area contributed by atoms with Gasteiger partial charge in [-0.2, -0.15) is 0 Å². The summed E-state index contributed by atoms with van der Waals surface area (Å²) >= 11 is 0. The number of hydrogen-bond donors (Lipinski definition) is 1. The number of carboxylic acids is 1. The Morgan fingerprint density at radius 2 is 2.11 bits per heavy atom. The molecule has 3 heteroatoms. The molecule has 0 amide bonds. The molecule has 0 aromatic carbocycles. The van der Waals surface area contributed by atoms with Crippen LogP contribution in [-0.4, -0.2) is 16.6 Å². The Labute approximate surface area is 53.3 Å². The number of carboxylic acid groups (broad SMARTS) is 1. The van der Waals surface area contributed by atoms with Crippen molar-refractivity contribution < 1.29 is 15.4 Å². The fourth-order valence-corrected chi connectivity index (χ4v) is 0.640. The predicted molar refractivity (Wildman–Crippen MR) is 33.1 cm³/mol. The van der Waals surface area contributed by atoms with Gasteiger partial charge in [0, 0.05) is 0 Å². The lowest BCUT2D eigenvalue weighted by molar-refractivity contribution is -0.141. The van der Waals surface area contributed by atoms with Gasteiger partial charge in [-0.1, -0.05) is 6.08 Å². The maximum atomic E-state index is 10.2. The number of aliphatic carboxylic acids is 1. The molecule has 0 spiro atoms. The van der Waals surface area contributed by atoms with E-state index in [4.69, 9.17) is 5.11 Å². The van der Waals surface area contributed by atoms with Crippen LogP contribution < -0.4 is 0 Å². The Balaban J connectivity index is 0.000000640. The molecule has 0 radical (unpaired) electrons. The van der Waals surface area contributed by atoms with E-state index in [-0.39, 0.29) is 5.48 Å². The van der Waals surface area contributed by atoms with Crippen LogP contribution in [0, 0.1) is 5.41 Å². The minimum Gasteiger partial charge on any atom is -0.481 e. The molecule has 1 aliphatic rings. The van der Waals surface area contributed by atoms with Gasteiger partial charge in [-0.25, -0.2) is 0 Å². The molecule has 1 aliphatic carbocycles. The van der Waals surface area contributed by atoms with Crippen molar-refractivity contribution in [2.24, 2.45) is 5.41 Å². The lowest BCUT2D eigenvalue weighted by Gasteiger charge is -1.97. The average molecular weight is 130 g/mol. The van der Waals surface area contributed by atoms with Crippen molar-refractivity contribution in [3.05, 3.63) is 12.7 Å². The van der Waals surface area contributed by atoms with E-state index < -0.39 is 11.4 Å². The molecule has 3 nitrogen and oxygen atoms in total. The lowest BCUT2D eigenvalue weighted by atomic mass is 10.1. The minimum absolute atomic E-state index is 0. The second-order valence-corrected chi connectivity index (χ2v) is 2.17. The molecule has 0 aliphatic heterocycles. The monoisotopic (exact) mass is 130 g/mol. The molecule has 1 rings (SSSR count). The number of carbonyl (C=O) groups is 1. The average Bonchev–Trinajstić information content (AvgIpc) is 2.44. The first kappa shape index (κ1) is 8.17. The molecule has 52 valence electrons. The maximum Gasteiger partial charge on any atom is 0.313 e. The van der Waals surface area contributed by atoms with Crippen molar-refractivity contribution in [3.63, 3.8) is 0 Å². The van der Waals surface area contributed by atoms with E-state index in [0.717, 1.165) is 12.8 Å². The van der Waals surface area contributed by atoms with E-state index in [2.05, 4.69) is 6.58 Å². The maximum absolute atomic E-state index is 10.2. The second kappa shape index (κ2) is 2.19. The summed E-state index contributed by atoms with van der Waals surface area (Å²) in [6.45, 7) is 3.44. The first-order valence-electron chi connectivity index (χ1n) is 2.58. The van der Waals surface area contributed by atoms with Crippen LogP contribution in [0.5, 0.6) is 0 Å². The van der Waals surface area contributed by atoms with Gasteiger partial charge < -0.3 is 10.6 Å². The SMILES string of the molecule is C=CC1(C(=O)O)CC1.O. The third-order valence-electron chi connectivity index (χ3n) is 1.61. The van der Waals surface area contributed by atoms with E-state index in [1.54, 1.807) is 0 Å². The summed E-state index contributed by atoms with van der Waals surface area (Å²) in [6.07, 6.45) is 3.06. The molecule has 0 aromatic heterocycles. The molecule has 0 aromatic rings. The zero-order chi connectivity index (χ0) is 6.20. The fraction of sp³-hybridized carbons (Fsp3) is 0.500. The van der Waals surface area contributed by atoms with Gasteiger partial charge in [0.25, 0.3) is 0 Å². The highest BCUT2D eigenvalue weighted by atomic mass is 16.4. The molecule has 3 N–H and O–H groups in total. The Morgan fingerprint density at radius 3 is 2.11 bits per heavy atom. The normalized spacial score (nSPS) is 19.6. The third kappa shape index (κ3) is 1.10. The zero-order valence-corrected chi connectivity index (χ0v) is 5.05. The summed E-state index contributed by atoms with van der Waals surface area (Å²) < 4.78 is 0. The van der Waals surface area contributed by atoms with Gasteiger partial charge in [-0.3, -0.25) is 4.79 Å². The third-order valence-corrected chi connectivity index (χ3v) is 1.61. The van der Waals surface area contributed by atoms with E-state index in [0.29, 0.717) is 0 Å². The minimum atomic E-state index is -0.729. The lowest BCUT2D eigenvalue weighted by Crippen LogP contribution is -2.10. The van der Waals surface area contributed by atoms with Gasteiger partial charge in [-0.05, 0) is 12.8 Å². The molecular formula is C6H10O3. The number of rotatable bonds is 2. The first-order valence-corrected chi connectivity index (χ1v) is 2.58. The highest BCUT2D eigenvalue weighted by molar-refractivity contribution is 5.80. The molecule has 0 unspecified atom stereocenters. The van der Waals surface area contributed by atoms with Crippen LogP contribution in [0.25, 0.3) is 0 Å². The molecule has 1 saturated carbocycles. The summed E-state index contributed by atoms with van der Waals surface area (Å²) in [5.41, 5.74) is -0.528. The fourth-order valence-electron chi connectivity index (χ4n) is 0.640. The van der Waals surface area contributed by atoms with Crippen LogP contribution in [0.15, 0.2) is 12.7 Å². The van der Waals surface area contributed by atoms with Crippen molar-refractivity contribution in [3.8, 4) is 0 Å². The highest BCUT2D eigenvalue weighted by Gasteiger charge is 2.47. The van der Waals surface area contributed by atoms with Gasteiger partial charge in [0.15, 0.2) is 0 Å². The Morgan fingerprint density at radius 1 is 1.67 bits per heavy atom. The molecule has 0 atom stereocenters. The van der Waals surface area contributed by atoms with Crippen molar-refractivity contribution in [2.45, 2.75) is 12.8 Å². The zero-order valence-electron chi connectivity index (χ0n) is 5.05. The first-order chi connectivity index (χ1) is 3.71. The summed E-state index contributed by atoms with van der Waals surface area (Å²) in [6, 6.07) is 0. The standard InChI is InChI=1S/C6H8O2.H2O/c1-2-6(3-4-6)5(7)8;/h2H,1,3-4H2,(H,7,8);1H2. The van der Waals surface area contributed by atoms with Crippen LogP contribution in [0.3, 0.4) is 0 Å². The van der Waals surface area contributed by atoms with E-state index in [1.807, 2.05) is 0 Å². The summed E-state index contributed by atoms with van der Waals surface area (Å²) in [5.74, 6) is -0.729. The van der Waals surface area contributed by atoms with Crippen LogP contribution in [-0.2, 0) is 4.79 Å². The van der Waals surface area contributed by atoms with E-state index in [9.17, 15) is 4.79 Å². The summed E-state index contributed by atoms with van der Waals surface area (Å²) in [7, 11) is 0. The van der Waals surface area contributed by atoms with Crippen LogP contribution in [0.1, 0.15) is 12.8 Å². The largest absolute Gasteiger partial charge is 0.481 e. The summed E-state index contributed by atoms with van der Waals surface area (Å²) in [5, 5.41) is 8.43. The van der Waals surface area contributed by atoms with Crippen molar-refractivity contribution >= 4 is 5.97 Å².